The van der Waals surface area contributed by atoms with Crippen LogP contribution in [0.2, 0.25) is 0 Å². The standard InChI is InChI=1S/C13H19NS/c1-4-11(3)15-13-8-6-7-12(9-13)10-14-5-2/h4,6-9,11,14H,1,5,10H2,2-3H3. The van der Waals surface area contributed by atoms with E-state index in [9.17, 15) is 0 Å². The summed E-state index contributed by atoms with van der Waals surface area (Å²) in [5.74, 6) is 0. The van der Waals surface area contributed by atoms with Crippen LogP contribution in [0, 0.1) is 0 Å². The van der Waals surface area contributed by atoms with E-state index in [0.29, 0.717) is 5.25 Å². The zero-order valence-corrected chi connectivity index (χ0v) is 10.3. The van der Waals surface area contributed by atoms with E-state index in [-0.39, 0.29) is 0 Å². The van der Waals surface area contributed by atoms with Crippen LogP contribution in [0.1, 0.15) is 19.4 Å². The first kappa shape index (κ1) is 12.3. The van der Waals surface area contributed by atoms with Gasteiger partial charge in [-0.2, -0.15) is 0 Å². The number of hydrogen-bond acceptors (Lipinski definition) is 2. The average molecular weight is 221 g/mol. The monoisotopic (exact) mass is 221 g/mol. The molecule has 1 rings (SSSR count). The number of nitrogens with one attached hydrogen (secondary N) is 1. The van der Waals surface area contributed by atoms with Gasteiger partial charge in [-0.15, -0.1) is 18.3 Å². The molecule has 2 heteroatoms. The average Bonchev–Trinajstić information content (AvgIpc) is 2.26. The fraction of sp³-hybridized carbons (Fsp3) is 0.385. The minimum absolute atomic E-state index is 0.472. The van der Waals surface area contributed by atoms with E-state index in [1.807, 2.05) is 17.8 Å². The van der Waals surface area contributed by atoms with Crippen molar-refractivity contribution >= 4 is 11.8 Å². The first-order valence-electron chi connectivity index (χ1n) is 5.35. The quantitative estimate of drug-likeness (QED) is 0.583. The molecule has 0 aromatic heterocycles. The largest absolute Gasteiger partial charge is 0.313 e. The van der Waals surface area contributed by atoms with Gasteiger partial charge in [0.05, 0.1) is 0 Å². The molecule has 0 aliphatic heterocycles. The third-order valence-electron chi connectivity index (χ3n) is 2.13. The van der Waals surface area contributed by atoms with Gasteiger partial charge in [-0.25, -0.2) is 0 Å². The Morgan fingerprint density at radius 2 is 2.33 bits per heavy atom. The second kappa shape index (κ2) is 6.70. The summed E-state index contributed by atoms with van der Waals surface area (Å²) in [6.45, 7) is 10.0. The molecule has 1 atom stereocenters. The molecule has 0 saturated carbocycles. The summed E-state index contributed by atoms with van der Waals surface area (Å²) in [7, 11) is 0. The maximum Gasteiger partial charge on any atom is 0.0243 e. The summed E-state index contributed by atoms with van der Waals surface area (Å²) < 4.78 is 0. The van der Waals surface area contributed by atoms with E-state index in [1.165, 1.54) is 10.5 Å². The molecular formula is C13H19NS. The highest BCUT2D eigenvalue weighted by Crippen LogP contribution is 2.24. The first-order valence-corrected chi connectivity index (χ1v) is 6.23. The Labute approximate surface area is 97.0 Å². The smallest absolute Gasteiger partial charge is 0.0243 e. The minimum Gasteiger partial charge on any atom is -0.313 e. The Kier molecular flexibility index (Phi) is 5.51. The SMILES string of the molecule is C=CC(C)Sc1cccc(CNCC)c1. The molecule has 0 radical (unpaired) electrons. The van der Waals surface area contributed by atoms with Gasteiger partial charge in [0.2, 0.25) is 0 Å². The van der Waals surface area contributed by atoms with Crippen LogP contribution in [0.25, 0.3) is 0 Å². The molecule has 1 N–H and O–H groups in total. The van der Waals surface area contributed by atoms with E-state index in [4.69, 9.17) is 0 Å². The van der Waals surface area contributed by atoms with Crippen LogP contribution in [-0.4, -0.2) is 11.8 Å². The molecule has 0 bridgehead atoms. The number of benzene rings is 1. The number of hydrogen-bond donors (Lipinski definition) is 1. The summed E-state index contributed by atoms with van der Waals surface area (Å²) >= 11 is 1.85. The van der Waals surface area contributed by atoms with Crippen LogP contribution in [0.4, 0.5) is 0 Å². The molecule has 0 saturated heterocycles. The van der Waals surface area contributed by atoms with Gasteiger partial charge in [-0.3, -0.25) is 0 Å². The maximum absolute atomic E-state index is 3.80. The van der Waals surface area contributed by atoms with Crippen molar-refractivity contribution in [1.82, 2.24) is 5.32 Å². The van der Waals surface area contributed by atoms with Crippen molar-refractivity contribution in [3.05, 3.63) is 42.5 Å². The second-order valence-corrected chi connectivity index (χ2v) is 4.94. The van der Waals surface area contributed by atoms with E-state index >= 15 is 0 Å². The van der Waals surface area contributed by atoms with Gasteiger partial charge in [0.1, 0.15) is 0 Å². The zero-order chi connectivity index (χ0) is 11.1. The molecular weight excluding hydrogens is 202 g/mol. The molecule has 0 aliphatic carbocycles. The second-order valence-electron chi connectivity index (χ2n) is 3.49. The molecule has 0 amide bonds. The third-order valence-corrected chi connectivity index (χ3v) is 3.22. The Morgan fingerprint density at radius 1 is 1.53 bits per heavy atom. The lowest BCUT2D eigenvalue weighted by atomic mass is 10.2. The normalized spacial score (nSPS) is 12.4. The maximum atomic E-state index is 3.80. The highest BCUT2D eigenvalue weighted by atomic mass is 32.2. The van der Waals surface area contributed by atoms with Gasteiger partial charge in [-0.05, 0) is 31.2 Å². The van der Waals surface area contributed by atoms with Crippen molar-refractivity contribution in [2.45, 2.75) is 30.5 Å². The fourth-order valence-corrected chi connectivity index (χ4v) is 2.16. The summed E-state index contributed by atoms with van der Waals surface area (Å²) in [6, 6.07) is 8.67. The lowest BCUT2D eigenvalue weighted by Gasteiger charge is -2.08. The summed E-state index contributed by atoms with van der Waals surface area (Å²) in [6.07, 6.45) is 1.97. The molecule has 1 aromatic rings. The van der Waals surface area contributed by atoms with Crippen molar-refractivity contribution in [2.24, 2.45) is 0 Å². The van der Waals surface area contributed by atoms with Crippen LogP contribution >= 0.6 is 11.8 Å². The lowest BCUT2D eigenvalue weighted by molar-refractivity contribution is 0.725. The van der Waals surface area contributed by atoms with Crippen molar-refractivity contribution in [3.8, 4) is 0 Å². The highest BCUT2D eigenvalue weighted by molar-refractivity contribution is 8.00. The van der Waals surface area contributed by atoms with Crippen molar-refractivity contribution in [3.63, 3.8) is 0 Å². The molecule has 1 aromatic carbocycles. The molecule has 15 heavy (non-hydrogen) atoms. The Hall–Kier alpha value is -0.730. The topological polar surface area (TPSA) is 12.0 Å². The van der Waals surface area contributed by atoms with E-state index in [0.717, 1.165) is 13.1 Å². The van der Waals surface area contributed by atoms with Gasteiger partial charge < -0.3 is 5.32 Å². The van der Waals surface area contributed by atoms with E-state index in [2.05, 4.69) is 50.0 Å². The Bertz CT molecular complexity index is 309. The molecule has 1 unspecified atom stereocenters. The summed E-state index contributed by atoms with van der Waals surface area (Å²) in [4.78, 5) is 1.32. The van der Waals surface area contributed by atoms with Crippen LogP contribution in [0.3, 0.4) is 0 Å². The van der Waals surface area contributed by atoms with Gasteiger partial charge in [-0.1, -0.05) is 25.1 Å². The highest BCUT2D eigenvalue weighted by Gasteiger charge is 2.00. The molecule has 0 fully saturated rings. The molecule has 0 aliphatic rings. The molecule has 1 nitrogen and oxygen atoms in total. The predicted molar refractivity (Wildman–Crippen MR) is 69.3 cm³/mol. The fourth-order valence-electron chi connectivity index (χ4n) is 1.26. The molecule has 0 heterocycles. The van der Waals surface area contributed by atoms with E-state index in [1.54, 1.807) is 0 Å². The van der Waals surface area contributed by atoms with Gasteiger partial charge in [0.25, 0.3) is 0 Å². The van der Waals surface area contributed by atoms with Crippen molar-refractivity contribution < 1.29 is 0 Å². The Balaban J connectivity index is 2.61. The summed E-state index contributed by atoms with van der Waals surface area (Å²) in [5, 5.41) is 3.80. The Morgan fingerprint density at radius 3 is 3.00 bits per heavy atom. The number of thioether (sulfide) groups is 1. The molecule has 0 spiro atoms. The van der Waals surface area contributed by atoms with Crippen LogP contribution < -0.4 is 5.32 Å². The van der Waals surface area contributed by atoms with Gasteiger partial charge in [0.15, 0.2) is 0 Å². The van der Waals surface area contributed by atoms with Crippen LogP contribution in [-0.2, 0) is 6.54 Å². The zero-order valence-electron chi connectivity index (χ0n) is 9.49. The summed E-state index contributed by atoms with van der Waals surface area (Å²) in [5.41, 5.74) is 1.35. The van der Waals surface area contributed by atoms with Gasteiger partial charge in [0, 0.05) is 16.7 Å². The first-order chi connectivity index (χ1) is 7.26. The molecule has 82 valence electrons. The van der Waals surface area contributed by atoms with Crippen LogP contribution in [0.5, 0.6) is 0 Å². The lowest BCUT2D eigenvalue weighted by Crippen LogP contribution is -2.11. The third kappa shape index (κ3) is 4.54. The van der Waals surface area contributed by atoms with Crippen LogP contribution in [0.15, 0.2) is 41.8 Å². The predicted octanol–water partition coefficient (Wildman–Crippen LogP) is 3.46. The minimum atomic E-state index is 0.472. The van der Waals surface area contributed by atoms with Gasteiger partial charge >= 0.3 is 0 Å². The van der Waals surface area contributed by atoms with E-state index < -0.39 is 0 Å². The van der Waals surface area contributed by atoms with Crippen molar-refractivity contribution in [1.29, 1.82) is 0 Å². The number of rotatable bonds is 6. The van der Waals surface area contributed by atoms with Crippen molar-refractivity contribution in [2.75, 3.05) is 6.54 Å².